The normalized spacial score (nSPS) is 26.2. The third-order valence-corrected chi connectivity index (χ3v) is 2.79. The highest BCUT2D eigenvalue weighted by molar-refractivity contribution is 5.79. The van der Waals surface area contributed by atoms with E-state index in [1.54, 1.807) is 11.0 Å². The highest BCUT2D eigenvalue weighted by Crippen LogP contribution is 2.34. The van der Waals surface area contributed by atoms with Gasteiger partial charge in [-0.1, -0.05) is 6.08 Å². The molecule has 78 valence electrons. The molecule has 1 rings (SSSR count). The Morgan fingerprint density at radius 2 is 2.29 bits per heavy atom. The van der Waals surface area contributed by atoms with E-state index in [1.165, 1.54) is 6.92 Å². The number of allylic oxidation sites excluding steroid dienone is 1. The predicted molar refractivity (Wildman–Crippen MR) is 51.8 cm³/mol. The Morgan fingerprint density at radius 1 is 1.64 bits per heavy atom. The van der Waals surface area contributed by atoms with Crippen LogP contribution in [0, 0.1) is 5.41 Å². The molecule has 0 aromatic rings. The van der Waals surface area contributed by atoms with Crippen LogP contribution in [0.25, 0.3) is 0 Å². The Bertz CT molecular complexity index is 275. The van der Waals surface area contributed by atoms with Gasteiger partial charge in [-0.15, -0.1) is 6.58 Å². The Morgan fingerprint density at radius 3 is 2.64 bits per heavy atom. The number of carboxylic acid groups (broad SMARTS) is 1. The molecule has 0 aliphatic carbocycles. The van der Waals surface area contributed by atoms with Crippen molar-refractivity contribution in [3.05, 3.63) is 12.7 Å². The fraction of sp³-hybridized carbons (Fsp3) is 0.600. The molecule has 0 saturated carbocycles. The summed E-state index contributed by atoms with van der Waals surface area (Å²) >= 11 is 0. The minimum absolute atomic E-state index is 0.0582. The molecule has 0 bridgehead atoms. The molecule has 1 N–H and O–H groups in total. The summed E-state index contributed by atoms with van der Waals surface area (Å²) in [6.07, 6.45) is 2.55. The van der Waals surface area contributed by atoms with E-state index < -0.39 is 11.4 Å². The van der Waals surface area contributed by atoms with Gasteiger partial charge in [0.1, 0.15) is 0 Å². The average molecular weight is 197 g/mol. The van der Waals surface area contributed by atoms with E-state index >= 15 is 0 Å². The molecule has 0 spiro atoms. The molecular formula is C10H15NO3. The summed E-state index contributed by atoms with van der Waals surface area (Å²) in [6, 6.07) is 0. The van der Waals surface area contributed by atoms with E-state index in [0.717, 1.165) is 0 Å². The van der Waals surface area contributed by atoms with Crippen LogP contribution < -0.4 is 0 Å². The maximum absolute atomic E-state index is 11.1. The number of hydrogen-bond donors (Lipinski definition) is 1. The predicted octanol–water partition coefficient (Wildman–Crippen LogP) is 0.886. The maximum Gasteiger partial charge on any atom is 0.311 e. The molecule has 14 heavy (non-hydrogen) atoms. The third-order valence-electron chi connectivity index (χ3n) is 2.79. The van der Waals surface area contributed by atoms with E-state index in [0.29, 0.717) is 25.9 Å². The maximum atomic E-state index is 11.1. The number of hydrogen-bond acceptors (Lipinski definition) is 2. The zero-order chi connectivity index (χ0) is 10.8. The van der Waals surface area contributed by atoms with Gasteiger partial charge >= 0.3 is 5.97 Å². The summed E-state index contributed by atoms with van der Waals surface area (Å²) in [6.45, 7) is 5.87. The summed E-state index contributed by atoms with van der Waals surface area (Å²) in [5.41, 5.74) is -0.798. The average Bonchev–Trinajstić information content (AvgIpc) is 2.50. The Balaban J connectivity index is 2.78. The number of carbonyl (C=O) groups excluding carboxylic acids is 1. The number of aliphatic carboxylic acids is 1. The largest absolute Gasteiger partial charge is 0.481 e. The molecule has 0 aromatic heterocycles. The first-order chi connectivity index (χ1) is 6.52. The van der Waals surface area contributed by atoms with Crippen LogP contribution in [0.15, 0.2) is 12.7 Å². The first-order valence-electron chi connectivity index (χ1n) is 4.62. The number of nitrogens with zero attached hydrogens (tertiary/aromatic N) is 1. The van der Waals surface area contributed by atoms with Crippen molar-refractivity contribution in [2.45, 2.75) is 19.8 Å². The van der Waals surface area contributed by atoms with Crippen LogP contribution in [0.3, 0.4) is 0 Å². The van der Waals surface area contributed by atoms with Gasteiger partial charge in [-0.05, 0) is 12.8 Å². The van der Waals surface area contributed by atoms with Crippen molar-refractivity contribution < 1.29 is 14.7 Å². The van der Waals surface area contributed by atoms with Crippen LogP contribution in [0.1, 0.15) is 19.8 Å². The van der Waals surface area contributed by atoms with E-state index in [2.05, 4.69) is 6.58 Å². The first kappa shape index (κ1) is 10.8. The highest BCUT2D eigenvalue weighted by atomic mass is 16.4. The van der Waals surface area contributed by atoms with E-state index in [9.17, 15) is 9.59 Å². The first-order valence-corrected chi connectivity index (χ1v) is 4.62. The molecule has 1 fully saturated rings. The van der Waals surface area contributed by atoms with E-state index in [1.807, 2.05) is 0 Å². The quantitative estimate of drug-likeness (QED) is 0.683. The Kier molecular flexibility index (Phi) is 2.93. The molecule has 4 heteroatoms. The number of likely N-dealkylation sites (tertiary alicyclic amines) is 1. The fourth-order valence-electron chi connectivity index (χ4n) is 1.85. The molecule has 1 aliphatic rings. The van der Waals surface area contributed by atoms with E-state index in [-0.39, 0.29) is 5.91 Å². The van der Waals surface area contributed by atoms with Gasteiger partial charge in [-0.2, -0.15) is 0 Å². The van der Waals surface area contributed by atoms with Gasteiger partial charge < -0.3 is 10.0 Å². The molecule has 1 saturated heterocycles. The molecule has 0 radical (unpaired) electrons. The standard InChI is InChI=1S/C10H15NO3/c1-3-4-10(9(13)14)5-6-11(7-10)8(2)12/h3H,1,4-7H2,2H3,(H,13,14). The Labute approximate surface area is 83.2 Å². The number of carboxylic acids is 1. The summed E-state index contributed by atoms with van der Waals surface area (Å²) in [5.74, 6) is -0.890. The van der Waals surface area contributed by atoms with Crippen molar-refractivity contribution in [3.8, 4) is 0 Å². The van der Waals surface area contributed by atoms with Crippen molar-refractivity contribution in [2.75, 3.05) is 13.1 Å². The minimum atomic E-state index is -0.832. The van der Waals surface area contributed by atoms with Crippen LogP contribution in [0.2, 0.25) is 0 Å². The fourth-order valence-corrected chi connectivity index (χ4v) is 1.85. The third kappa shape index (κ3) is 1.78. The van der Waals surface area contributed by atoms with Gasteiger partial charge in [0.15, 0.2) is 0 Å². The van der Waals surface area contributed by atoms with Crippen LogP contribution >= 0.6 is 0 Å². The number of carbonyl (C=O) groups is 2. The van der Waals surface area contributed by atoms with Crippen LogP contribution in [-0.2, 0) is 9.59 Å². The molecule has 1 heterocycles. The molecule has 0 aromatic carbocycles. The lowest BCUT2D eigenvalue weighted by Gasteiger charge is -2.22. The molecule has 1 unspecified atom stereocenters. The minimum Gasteiger partial charge on any atom is -0.481 e. The SMILES string of the molecule is C=CCC1(C(=O)O)CCN(C(C)=O)C1. The monoisotopic (exact) mass is 197 g/mol. The molecule has 1 aliphatic heterocycles. The summed E-state index contributed by atoms with van der Waals surface area (Å²) in [5, 5.41) is 9.11. The van der Waals surface area contributed by atoms with Crippen molar-refractivity contribution in [1.29, 1.82) is 0 Å². The number of amides is 1. The zero-order valence-corrected chi connectivity index (χ0v) is 8.32. The second-order valence-corrected chi connectivity index (χ2v) is 3.77. The zero-order valence-electron chi connectivity index (χ0n) is 8.32. The van der Waals surface area contributed by atoms with Gasteiger partial charge in [-0.3, -0.25) is 9.59 Å². The van der Waals surface area contributed by atoms with Gasteiger partial charge in [-0.25, -0.2) is 0 Å². The lowest BCUT2D eigenvalue weighted by Crippen LogP contribution is -2.35. The summed E-state index contributed by atoms with van der Waals surface area (Å²) in [4.78, 5) is 23.7. The van der Waals surface area contributed by atoms with Gasteiger partial charge in [0.05, 0.1) is 5.41 Å². The van der Waals surface area contributed by atoms with Gasteiger partial charge in [0.2, 0.25) is 5.91 Å². The smallest absolute Gasteiger partial charge is 0.311 e. The van der Waals surface area contributed by atoms with Crippen LogP contribution in [0.5, 0.6) is 0 Å². The summed E-state index contributed by atoms with van der Waals surface area (Å²) in [7, 11) is 0. The molecule has 1 amide bonds. The van der Waals surface area contributed by atoms with Gasteiger partial charge in [0.25, 0.3) is 0 Å². The molecular weight excluding hydrogens is 182 g/mol. The summed E-state index contributed by atoms with van der Waals surface area (Å²) < 4.78 is 0. The lowest BCUT2D eigenvalue weighted by molar-refractivity contribution is -0.148. The molecule has 1 atom stereocenters. The number of rotatable bonds is 3. The van der Waals surface area contributed by atoms with Gasteiger partial charge in [0, 0.05) is 20.0 Å². The second kappa shape index (κ2) is 3.82. The van der Waals surface area contributed by atoms with Crippen molar-refractivity contribution >= 4 is 11.9 Å². The van der Waals surface area contributed by atoms with Crippen molar-refractivity contribution in [2.24, 2.45) is 5.41 Å². The topological polar surface area (TPSA) is 57.6 Å². The van der Waals surface area contributed by atoms with Crippen molar-refractivity contribution in [3.63, 3.8) is 0 Å². The Hall–Kier alpha value is -1.32. The lowest BCUT2D eigenvalue weighted by atomic mass is 9.84. The van der Waals surface area contributed by atoms with Crippen LogP contribution in [0.4, 0.5) is 0 Å². The van der Waals surface area contributed by atoms with Crippen molar-refractivity contribution in [1.82, 2.24) is 4.90 Å². The highest BCUT2D eigenvalue weighted by Gasteiger charge is 2.44. The van der Waals surface area contributed by atoms with E-state index in [4.69, 9.17) is 5.11 Å². The van der Waals surface area contributed by atoms with Crippen LogP contribution in [-0.4, -0.2) is 35.0 Å². The molecule has 4 nitrogen and oxygen atoms in total. The second-order valence-electron chi connectivity index (χ2n) is 3.77.